The summed E-state index contributed by atoms with van der Waals surface area (Å²) >= 11 is 0. The van der Waals surface area contributed by atoms with Crippen molar-refractivity contribution in [1.82, 2.24) is 24.6 Å². The molecule has 1 saturated heterocycles. The van der Waals surface area contributed by atoms with Crippen LogP contribution >= 0.6 is 0 Å². The molecular formula is C27H28N6O4. The lowest BCUT2D eigenvalue weighted by Crippen LogP contribution is -2.53. The molecule has 0 bridgehead atoms. The van der Waals surface area contributed by atoms with Gasteiger partial charge in [0.2, 0.25) is 0 Å². The Hall–Kier alpha value is -4.47. The summed E-state index contributed by atoms with van der Waals surface area (Å²) in [5.41, 5.74) is 2.34. The Labute approximate surface area is 213 Å². The maximum atomic E-state index is 13.9. The smallest absolute Gasteiger partial charge is 0.328 e. The van der Waals surface area contributed by atoms with Gasteiger partial charge in [-0.2, -0.15) is 5.10 Å². The van der Waals surface area contributed by atoms with E-state index in [0.717, 1.165) is 33.5 Å². The van der Waals surface area contributed by atoms with E-state index in [9.17, 15) is 14.7 Å². The van der Waals surface area contributed by atoms with Gasteiger partial charge >= 0.3 is 6.03 Å². The number of imide groups is 1. The monoisotopic (exact) mass is 500 g/mol. The van der Waals surface area contributed by atoms with Gasteiger partial charge in [0, 0.05) is 49.2 Å². The number of fused-ring (bicyclic) bond motifs is 4. The van der Waals surface area contributed by atoms with Crippen molar-refractivity contribution < 1.29 is 19.4 Å². The molecule has 2 unspecified atom stereocenters. The maximum Gasteiger partial charge on any atom is 0.328 e. The van der Waals surface area contributed by atoms with Gasteiger partial charge < -0.3 is 20.1 Å². The van der Waals surface area contributed by atoms with Crippen molar-refractivity contribution in [3.05, 3.63) is 71.5 Å². The number of urea groups is 1. The Morgan fingerprint density at radius 2 is 2.05 bits per heavy atom. The van der Waals surface area contributed by atoms with Gasteiger partial charge in [-0.3, -0.25) is 19.3 Å². The molecule has 2 aliphatic heterocycles. The number of nitrogens with zero attached hydrogens (tertiary/aromatic N) is 4. The average molecular weight is 501 g/mol. The summed E-state index contributed by atoms with van der Waals surface area (Å²) in [5.74, 6) is 1.38. The van der Waals surface area contributed by atoms with Gasteiger partial charge in [0.05, 0.1) is 13.3 Å². The summed E-state index contributed by atoms with van der Waals surface area (Å²) in [4.78, 5) is 34.3. The summed E-state index contributed by atoms with van der Waals surface area (Å²) in [7, 11) is 3.44. The number of rotatable bonds is 6. The van der Waals surface area contributed by atoms with E-state index in [-0.39, 0.29) is 24.2 Å². The molecule has 37 heavy (non-hydrogen) atoms. The topological polar surface area (TPSA) is 116 Å². The van der Waals surface area contributed by atoms with Crippen LogP contribution in [0.5, 0.6) is 11.5 Å². The molecule has 0 spiro atoms. The first-order chi connectivity index (χ1) is 17.8. The number of hydrogen-bond donors (Lipinski definition) is 3. The first-order valence-corrected chi connectivity index (χ1v) is 12.2. The lowest BCUT2D eigenvalue weighted by atomic mass is 9.81. The Kier molecular flexibility index (Phi) is 5.15. The number of aryl methyl sites for hydroxylation is 1. The van der Waals surface area contributed by atoms with E-state index in [1.165, 1.54) is 4.90 Å². The summed E-state index contributed by atoms with van der Waals surface area (Å²) in [6.45, 7) is 2.44. The minimum atomic E-state index is -1.09. The highest BCUT2D eigenvalue weighted by Gasteiger charge is 2.60. The number of aromatic nitrogens is 3. The number of phenolic OH excluding ortho intramolecular Hbond substituents is 1. The molecule has 2 aliphatic rings. The van der Waals surface area contributed by atoms with Gasteiger partial charge in [0.15, 0.2) is 0 Å². The highest BCUT2D eigenvalue weighted by atomic mass is 16.5. The predicted octanol–water partition coefficient (Wildman–Crippen LogP) is 3.40. The second-order valence-electron chi connectivity index (χ2n) is 9.75. The molecule has 190 valence electrons. The highest BCUT2D eigenvalue weighted by Crippen LogP contribution is 2.49. The molecule has 4 heterocycles. The van der Waals surface area contributed by atoms with Crippen LogP contribution in [0.3, 0.4) is 0 Å². The third-order valence-corrected chi connectivity index (χ3v) is 7.52. The van der Waals surface area contributed by atoms with Crippen LogP contribution in [-0.2, 0) is 18.3 Å². The van der Waals surface area contributed by atoms with E-state index in [1.807, 2.05) is 44.3 Å². The zero-order valence-electron chi connectivity index (χ0n) is 20.9. The number of ether oxygens (including phenoxy) is 1. The van der Waals surface area contributed by atoms with Crippen LogP contribution in [0.1, 0.15) is 29.8 Å². The maximum absolute atomic E-state index is 13.9. The lowest BCUT2D eigenvalue weighted by Gasteiger charge is -2.42. The fourth-order valence-electron chi connectivity index (χ4n) is 5.70. The van der Waals surface area contributed by atoms with Gasteiger partial charge in [-0.25, -0.2) is 4.79 Å². The van der Waals surface area contributed by atoms with Gasteiger partial charge in [0.25, 0.3) is 5.91 Å². The van der Waals surface area contributed by atoms with Crippen molar-refractivity contribution in [3.8, 4) is 11.5 Å². The molecule has 3 amide bonds. The highest BCUT2D eigenvalue weighted by molar-refractivity contribution is 6.08. The molecule has 2 atom stereocenters. The first-order valence-electron chi connectivity index (χ1n) is 12.2. The predicted molar refractivity (Wildman–Crippen MR) is 138 cm³/mol. The van der Waals surface area contributed by atoms with Crippen molar-refractivity contribution in [2.45, 2.75) is 24.9 Å². The van der Waals surface area contributed by atoms with Crippen LogP contribution in [0.25, 0.3) is 10.9 Å². The fourth-order valence-corrected chi connectivity index (χ4v) is 5.70. The molecule has 4 aromatic rings. The number of carbonyl (C=O) groups excluding carboxylic acids is 2. The SMILES string of the molecule is COc1ccc2[nH]c3c(c2c1)CC1(C)C(=O)N(CCNc2ccnn2C)C(=O)N1C3c1cccc(O)c1. The average Bonchev–Trinajstić information content (AvgIpc) is 3.51. The molecule has 0 aliphatic carbocycles. The van der Waals surface area contributed by atoms with Crippen LogP contribution in [-0.4, -0.2) is 67.3 Å². The number of aromatic amines is 1. The van der Waals surface area contributed by atoms with Crippen LogP contribution in [0, 0.1) is 0 Å². The van der Waals surface area contributed by atoms with Crippen molar-refractivity contribution in [3.63, 3.8) is 0 Å². The van der Waals surface area contributed by atoms with E-state index in [4.69, 9.17) is 4.74 Å². The number of carbonyl (C=O) groups is 2. The molecule has 3 N–H and O–H groups in total. The number of anilines is 1. The van der Waals surface area contributed by atoms with E-state index < -0.39 is 11.6 Å². The summed E-state index contributed by atoms with van der Waals surface area (Å²) < 4.78 is 7.16. The Bertz CT molecular complexity index is 1540. The van der Waals surface area contributed by atoms with Crippen LogP contribution in [0.2, 0.25) is 0 Å². The molecule has 0 saturated carbocycles. The number of aromatic hydroxyl groups is 1. The third-order valence-electron chi connectivity index (χ3n) is 7.52. The number of phenols is 1. The van der Waals surface area contributed by atoms with Crippen LogP contribution in [0.15, 0.2) is 54.7 Å². The van der Waals surface area contributed by atoms with Gasteiger partial charge in [-0.05, 0) is 48.4 Å². The van der Waals surface area contributed by atoms with Crippen LogP contribution in [0.4, 0.5) is 10.6 Å². The molecule has 10 nitrogen and oxygen atoms in total. The fraction of sp³-hybridized carbons (Fsp3) is 0.296. The standard InChI is InChI=1S/C27H28N6O4/c1-27-15-20-19-14-18(37-3)7-8-21(19)30-23(20)24(16-5-4-6-17(34)13-16)33(27)26(36)32(25(27)35)12-11-28-22-9-10-29-31(22)2/h4-10,13-14,24,28,30,34H,11-12,15H2,1-3H3. The molecular weight excluding hydrogens is 472 g/mol. The Balaban J connectivity index is 1.43. The molecule has 2 aromatic heterocycles. The van der Waals surface area contributed by atoms with E-state index in [0.29, 0.717) is 18.7 Å². The normalized spacial score (nSPS) is 20.9. The molecule has 0 radical (unpaired) electrons. The van der Waals surface area contributed by atoms with Gasteiger partial charge in [0.1, 0.15) is 28.9 Å². The van der Waals surface area contributed by atoms with Crippen molar-refractivity contribution in [2.75, 3.05) is 25.5 Å². The largest absolute Gasteiger partial charge is 0.508 e. The van der Waals surface area contributed by atoms with E-state index in [2.05, 4.69) is 15.4 Å². The zero-order chi connectivity index (χ0) is 25.9. The third kappa shape index (κ3) is 3.43. The van der Waals surface area contributed by atoms with Crippen molar-refractivity contribution >= 4 is 28.7 Å². The zero-order valence-corrected chi connectivity index (χ0v) is 20.9. The first kappa shape index (κ1) is 23.0. The van der Waals surface area contributed by atoms with E-state index >= 15 is 0 Å². The number of amides is 3. The summed E-state index contributed by atoms with van der Waals surface area (Å²) in [6.07, 6.45) is 2.05. The number of hydrogen-bond acceptors (Lipinski definition) is 6. The number of nitrogens with one attached hydrogen (secondary N) is 2. The Morgan fingerprint density at radius 3 is 2.78 bits per heavy atom. The minimum Gasteiger partial charge on any atom is -0.508 e. The molecule has 6 rings (SSSR count). The van der Waals surface area contributed by atoms with Gasteiger partial charge in [-0.1, -0.05) is 12.1 Å². The molecule has 1 fully saturated rings. The number of methoxy groups -OCH3 is 1. The quantitative estimate of drug-likeness (QED) is 0.350. The second-order valence-corrected chi connectivity index (χ2v) is 9.75. The number of H-pyrrole nitrogens is 1. The van der Waals surface area contributed by atoms with Crippen LogP contribution < -0.4 is 10.1 Å². The van der Waals surface area contributed by atoms with Crippen molar-refractivity contribution in [1.29, 1.82) is 0 Å². The summed E-state index contributed by atoms with van der Waals surface area (Å²) in [5, 5.41) is 18.6. The lowest BCUT2D eigenvalue weighted by molar-refractivity contribution is -0.133. The van der Waals surface area contributed by atoms with E-state index in [1.54, 1.807) is 41.1 Å². The van der Waals surface area contributed by atoms with Gasteiger partial charge in [-0.15, -0.1) is 0 Å². The Morgan fingerprint density at radius 1 is 1.22 bits per heavy atom. The molecule has 2 aromatic carbocycles. The minimum absolute atomic E-state index is 0.0966. The summed E-state index contributed by atoms with van der Waals surface area (Å²) in [6, 6.07) is 13.5. The number of benzene rings is 2. The van der Waals surface area contributed by atoms with Crippen molar-refractivity contribution in [2.24, 2.45) is 7.05 Å². The second kappa shape index (κ2) is 8.29. The molecule has 10 heteroatoms.